The van der Waals surface area contributed by atoms with Crippen molar-refractivity contribution in [1.82, 2.24) is 19.6 Å². The molecule has 13 heteroatoms. The van der Waals surface area contributed by atoms with E-state index in [0.29, 0.717) is 59.2 Å². The summed E-state index contributed by atoms with van der Waals surface area (Å²) in [6, 6.07) is 23.0. The molecule has 5 aromatic rings. The van der Waals surface area contributed by atoms with Gasteiger partial charge in [0, 0.05) is 53.9 Å². The van der Waals surface area contributed by atoms with E-state index in [1.807, 2.05) is 48.7 Å². The van der Waals surface area contributed by atoms with Crippen molar-refractivity contribution in [3.05, 3.63) is 123 Å². The van der Waals surface area contributed by atoms with Crippen LogP contribution in [-0.2, 0) is 4.74 Å². The number of piperidine rings is 1. The average molecular weight is 835 g/mol. The molecule has 1 aliphatic carbocycles. The SMILES string of the molecule is CC1(C)CCC(CN2CCC(c3ccc(C(=O)NSc4ccc(NCC5CCOCC5)c([N+](=O)[O-])c4)c(Oc4cnc5[nH]ccc5c4)c3)CC2)=C(c2ccc(Cl)cc2)C1. The van der Waals surface area contributed by atoms with Crippen molar-refractivity contribution in [2.45, 2.75) is 69.6 Å². The highest BCUT2D eigenvalue weighted by Crippen LogP contribution is 2.44. The van der Waals surface area contributed by atoms with Crippen LogP contribution >= 0.6 is 23.5 Å². The number of ether oxygens (including phenoxy) is 2. The molecule has 4 heterocycles. The van der Waals surface area contributed by atoms with Gasteiger partial charge in [-0.1, -0.05) is 49.2 Å². The standard InChI is InChI=1S/C46H51ClN6O5S/c1-46(2)17-11-35(40(26-46)32-3-6-36(47)7-4-32)29-52-19-13-31(14-20-52)33-5-9-39(43(24-33)58-37-23-34-12-18-48-44(34)50-28-37)45(54)51-59-38-8-10-41(42(25-38)53(55)56)49-27-30-15-21-57-22-16-30/h3-10,12,18,23-25,28,30-31,49H,11,13-17,19-22,26-27,29H2,1-2H3,(H,48,50)(H,51,54). The van der Waals surface area contributed by atoms with E-state index in [2.05, 4.69) is 50.9 Å². The molecule has 0 bridgehead atoms. The summed E-state index contributed by atoms with van der Waals surface area (Å²) in [6.07, 6.45) is 10.7. The number of H-pyrrole nitrogens is 1. The quantitative estimate of drug-likeness (QED) is 0.0602. The molecule has 2 fully saturated rings. The monoisotopic (exact) mass is 834 g/mol. The topological polar surface area (TPSA) is 135 Å². The molecule has 0 radical (unpaired) electrons. The lowest BCUT2D eigenvalue weighted by Gasteiger charge is -2.38. The Bertz CT molecular complexity index is 2330. The fourth-order valence-corrected chi connectivity index (χ4v) is 9.32. The number of aromatic amines is 1. The summed E-state index contributed by atoms with van der Waals surface area (Å²) in [7, 11) is 0. The first-order valence-corrected chi connectivity index (χ1v) is 21.8. The minimum absolute atomic E-state index is 0.0372. The van der Waals surface area contributed by atoms with E-state index >= 15 is 0 Å². The van der Waals surface area contributed by atoms with Crippen molar-refractivity contribution >= 4 is 57.4 Å². The van der Waals surface area contributed by atoms with E-state index in [1.165, 1.54) is 29.2 Å². The smallest absolute Gasteiger partial charge is 0.293 e. The highest BCUT2D eigenvalue weighted by Gasteiger charge is 2.30. The number of benzene rings is 3. The molecule has 0 unspecified atom stereocenters. The zero-order chi connectivity index (χ0) is 40.9. The summed E-state index contributed by atoms with van der Waals surface area (Å²) >= 11 is 7.29. The number of rotatable bonds is 13. The van der Waals surface area contributed by atoms with Gasteiger partial charge in [-0.25, -0.2) is 4.98 Å². The van der Waals surface area contributed by atoms with Crippen LogP contribution in [0.4, 0.5) is 11.4 Å². The molecule has 3 aliphatic rings. The Labute approximate surface area is 354 Å². The van der Waals surface area contributed by atoms with Crippen LogP contribution in [-0.4, -0.2) is 65.1 Å². The maximum atomic E-state index is 13.9. The molecule has 3 aromatic carbocycles. The van der Waals surface area contributed by atoms with E-state index in [0.717, 1.165) is 91.7 Å². The van der Waals surface area contributed by atoms with Gasteiger partial charge in [-0.15, -0.1) is 0 Å². The Morgan fingerprint density at radius 1 is 1.05 bits per heavy atom. The van der Waals surface area contributed by atoms with Crippen molar-refractivity contribution in [2.24, 2.45) is 11.3 Å². The number of hydrogen-bond donors (Lipinski definition) is 3. The van der Waals surface area contributed by atoms with Gasteiger partial charge in [0.25, 0.3) is 11.6 Å². The number of aromatic nitrogens is 2. The van der Waals surface area contributed by atoms with Crippen molar-refractivity contribution in [3.63, 3.8) is 0 Å². The molecule has 8 rings (SSSR count). The molecule has 308 valence electrons. The van der Waals surface area contributed by atoms with Gasteiger partial charge in [-0.2, -0.15) is 0 Å². The van der Waals surface area contributed by atoms with Crippen LogP contribution in [0.3, 0.4) is 0 Å². The Kier molecular flexibility index (Phi) is 12.6. The van der Waals surface area contributed by atoms with Gasteiger partial charge in [0.05, 0.1) is 16.7 Å². The zero-order valence-corrected chi connectivity index (χ0v) is 35.2. The third kappa shape index (κ3) is 10.1. The summed E-state index contributed by atoms with van der Waals surface area (Å²) < 4.78 is 14.8. The van der Waals surface area contributed by atoms with Crippen molar-refractivity contribution in [3.8, 4) is 11.5 Å². The second-order valence-electron chi connectivity index (χ2n) is 16.8. The first-order valence-electron chi connectivity index (χ1n) is 20.6. The number of nitrogens with zero attached hydrogens (tertiary/aromatic N) is 3. The van der Waals surface area contributed by atoms with Gasteiger partial charge in [0.1, 0.15) is 22.8 Å². The van der Waals surface area contributed by atoms with E-state index in [-0.39, 0.29) is 17.0 Å². The molecule has 0 atom stereocenters. The number of carbonyl (C=O) groups is 1. The molecular weight excluding hydrogens is 784 g/mol. The lowest BCUT2D eigenvalue weighted by Crippen LogP contribution is -2.35. The first-order chi connectivity index (χ1) is 28.6. The van der Waals surface area contributed by atoms with Gasteiger partial charge in [0.2, 0.25) is 0 Å². The zero-order valence-electron chi connectivity index (χ0n) is 33.6. The number of pyridine rings is 1. The number of fused-ring (bicyclic) bond motifs is 1. The van der Waals surface area contributed by atoms with Crippen LogP contribution in [0.5, 0.6) is 11.5 Å². The van der Waals surface area contributed by atoms with E-state index in [9.17, 15) is 14.9 Å². The Hall–Kier alpha value is -4.88. The first kappa shape index (κ1) is 40.9. The van der Waals surface area contributed by atoms with Crippen LogP contribution in [0, 0.1) is 21.4 Å². The molecule has 2 aliphatic heterocycles. The van der Waals surface area contributed by atoms with Crippen LogP contribution in [0.15, 0.2) is 95.7 Å². The second kappa shape index (κ2) is 18.2. The molecule has 0 spiro atoms. The van der Waals surface area contributed by atoms with E-state index in [1.54, 1.807) is 18.3 Å². The lowest BCUT2D eigenvalue weighted by atomic mass is 9.72. The minimum atomic E-state index is -0.394. The van der Waals surface area contributed by atoms with Crippen LogP contribution in [0.1, 0.15) is 86.2 Å². The highest BCUT2D eigenvalue weighted by molar-refractivity contribution is 7.98. The molecule has 11 nitrogen and oxygen atoms in total. The summed E-state index contributed by atoms with van der Waals surface area (Å²) in [5, 5.41) is 17.0. The average Bonchev–Trinajstić information content (AvgIpc) is 3.72. The van der Waals surface area contributed by atoms with Crippen LogP contribution in [0.25, 0.3) is 16.6 Å². The molecule has 59 heavy (non-hydrogen) atoms. The fraction of sp³-hybridized carbons (Fsp3) is 0.391. The molecule has 2 aromatic heterocycles. The molecule has 2 saturated heterocycles. The fourth-order valence-electron chi connectivity index (χ4n) is 8.57. The Morgan fingerprint density at radius 3 is 2.63 bits per heavy atom. The summed E-state index contributed by atoms with van der Waals surface area (Å²) in [4.78, 5) is 36.3. The number of nitrogens with one attached hydrogen (secondary N) is 3. The van der Waals surface area contributed by atoms with Gasteiger partial charge in [-0.05, 0) is 152 Å². The summed E-state index contributed by atoms with van der Waals surface area (Å²) in [5.41, 5.74) is 7.21. The lowest BCUT2D eigenvalue weighted by molar-refractivity contribution is -0.384. The number of nitro groups is 1. The summed E-state index contributed by atoms with van der Waals surface area (Å²) in [5.74, 6) is 1.29. The molecule has 1 amide bonds. The molecule has 0 saturated carbocycles. The largest absolute Gasteiger partial charge is 0.455 e. The van der Waals surface area contributed by atoms with Gasteiger partial charge >= 0.3 is 0 Å². The van der Waals surface area contributed by atoms with Gasteiger partial charge < -0.3 is 19.8 Å². The second-order valence-corrected chi connectivity index (χ2v) is 18.1. The predicted molar refractivity (Wildman–Crippen MR) is 235 cm³/mol. The number of hydrogen-bond acceptors (Lipinski definition) is 9. The van der Waals surface area contributed by atoms with E-state index in [4.69, 9.17) is 21.1 Å². The van der Waals surface area contributed by atoms with Crippen molar-refractivity contribution in [2.75, 3.05) is 44.7 Å². The normalized spacial score (nSPS) is 17.9. The maximum absolute atomic E-state index is 13.9. The number of carbonyl (C=O) groups excluding carboxylic acids is 1. The van der Waals surface area contributed by atoms with E-state index < -0.39 is 4.92 Å². The van der Waals surface area contributed by atoms with Crippen molar-refractivity contribution < 1.29 is 19.2 Å². The van der Waals surface area contributed by atoms with Gasteiger partial charge in [-0.3, -0.25) is 24.5 Å². The highest BCUT2D eigenvalue weighted by atomic mass is 35.5. The number of likely N-dealkylation sites (tertiary alicyclic amines) is 1. The van der Waals surface area contributed by atoms with Crippen LogP contribution in [0.2, 0.25) is 5.02 Å². The van der Waals surface area contributed by atoms with Gasteiger partial charge in [0.15, 0.2) is 0 Å². The maximum Gasteiger partial charge on any atom is 0.293 e. The Balaban J connectivity index is 0.967. The number of halogens is 1. The summed E-state index contributed by atoms with van der Waals surface area (Å²) in [6.45, 7) is 9.72. The number of amides is 1. The van der Waals surface area contributed by atoms with Crippen LogP contribution < -0.4 is 14.8 Å². The Morgan fingerprint density at radius 2 is 1.85 bits per heavy atom. The third-order valence-corrected chi connectivity index (χ3v) is 13.1. The molecular formula is C46H51ClN6O5S. The number of allylic oxidation sites excluding steroid dienone is 1. The van der Waals surface area contributed by atoms with Crippen molar-refractivity contribution in [1.29, 1.82) is 0 Å². The predicted octanol–water partition coefficient (Wildman–Crippen LogP) is 11.0. The third-order valence-electron chi connectivity index (χ3n) is 12.1. The number of nitro benzene ring substituents is 1. The molecule has 3 N–H and O–H groups in total. The number of anilines is 1. The minimum Gasteiger partial charge on any atom is -0.455 e.